The summed E-state index contributed by atoms with van der Waals surface area (Å²) in [6.07, 6.45) is 1.54. The Morgan fingerprint density at radius 2 is 2.03 bits per heavy atom. The smallest absolute Gasteiger partial charge is 0.260 e. The van der Waals surface area contributed by atoms with E-state index in [9.17, 15) is 9.18 Å². The van der Waals surface area contributed by atoms with E-state index in [0.717, 1.165) is 31.0 Å². The van der Waals surface area contributed by atoms with Crippen LogP contribution in [0.2, 0.25) is 0 Å². The van der Waals surface area contributed by atoms with E-state index in [2.05, 4.69) is 28.2 Å². The maximum Gasteiger partial charge on any atom is 0.260 e. The molecular weight excluding hydrogens is 421 g/mol. The molecule has 0 bridgehead atoms. The summed E-state index contributed by atoms with van der Waals surface area (Å²) in [5.74, 6) is 1.22. The Kier molecular flexibility index (Phi) is 5.46. The molecule has 3 aromatic rings. The Morgan fingerprint density at radius 3 is 2.82 bits per heavy atom. The van der Waals surface area contributed by atoms with Crippen LogP contribution in [0.1, 0.15) is 28.4 Å². The van der Waals surface area contributed by atoms with Gasteiger partial charge in [-0.05, 0) is 49.7 Å². The number of halogens is 1. The number of piperazine rings is 1. The van der Waals surface area contributed by atoms with E-state index in [-0.39, 0.29) is 18.0 Å². The molecule has 1 atom stereocenters. The highest BCUT2D eigenvalue weighted by Crippen LogP contribution is 2.38. The van der Waals surface area contributed by atoms with Gasteiger partial charge in [-0.15, -0.1) is 0 Å². The lowest BCUT2D eigenvalue weighted by Crippen LogP contribution is -2.50. The van der Waals surface area contributed by atoms with Crippen molar-refractivity contribution in [1.82, 2.24) is 15.3 Å². The molecule has 1 N–H and O–H groups in total. The largest absolute Gasteiger partial charge is 0.496 e. The van der Waals surface area contributed by atoms with Gasteiger partial charge in [0.05, 0.1) is 24.9 Å². The van der Waals surface area contributed by atoms with Crippen LogP contribution in [-0.4, -0.2) is 48.7 Å². The van der Waals surface area contributed by atoms with Crippen LogP contribution in [0.3, 0.4) is 0 Å². The molecule has 4 heterocycles. The molecule has 0 radical (unpaired) electrons. The second-order valence-corrected chi connectivity index (χ2v) is 8.50. The summed E-state index contributed by atoms with van der Waals surface area (Å²) in [5.41, 5.74) is 2.89. The lowest BCUT2D eigenvalue weighted by Gasteiger charge is -2.35. The first-order chi connectivity index (χ1) is 16.0. The van der Waals surface area contributed by atoms with Crippen molar-refractivity contribution in [2.75, 3.05) is 36.5 Å². The average Bonchev–Trinajstić information content (AvgIpc) is 3.15. The predicted octanol–water partition coefficient (Wildman–Crippen LogP) is 3.56. The first-order valence-electron chi connectivity index (χ1n) is 11.1. The third-order valence-electron chi connectivity index (χ3n) is 6.29. The quantitative estimate of drug-likeness (QED) is 0.660. The van der Waals surface area contributed by atoms with Gasteiger partial charge in [0.15, 0.2) is 0 Å². The van der Waals surface area contributed by atoms with Crippen molar-refractivity contribution in [3.05, 3.63) is 65.1 Å². The SMILES string of the molecule is COc1cccc(F)c1-c1nccc2c1CN(c1cc(C)cc(N3CCNCC3C)n1)C2=O. The van der Waals surface area contributed by atoms with Crippen LogP contribution in [-0.2, 0) is 6.54 Å². The fraction of sp³-hybridized carbons (Fsp3) is 0.320. The number of nitrogens with zero attached hydrogens (tertiary/aromatic N) is 4. The van der Waals surface area contributed by atoms with Gasteiger partial charge < -0.3 is 15.0 Å². The van der Waals surface area contributed by atoms with E-state index in [0.29, 0.717) is 34.4 Å². The molecule has 0 saturated carbocycles. The molecule has 1 amide bonds. The molecule has 2 aromatic heterocycles. The van der Waals surface area contributed by atoms with E-state index >= 15 is 0 Å². The summed E-state index contributed by atoms with van der Waals surface area (Å²) in [5, 5.41) is 3.39. The Morgan fingerprint density at radius 1 is 1.21 bits per heavy atom. The van der Waals surface area contributed by atoms with Gasteiger partial charge in [0.1, 0.15) is 23.2 Å². The number of aryl methyl sites for hydroxylation is 1. The number of pyridine rings is 2. The minimum Gasteiger partial charge on any atom is -0.496 e. The van der Waals surface area contributed by atoms with E-state index in [4.69, 9.17) is 9.72 Å². The van der Waals surface area contributed by atoms with E-state index in [1.807, 2.05) is 13.0 Å². The zero-order valence-corrected chi connectivity index (χ0v) is 18.9. The summed E-state index contributed by atoms with van der Waals surface area (Å²) >= 11 is 0. The molecule has 0 spiro atoms. The van der Waals surface area contributed by atoms with Crippen molar-refractivity contribution in [1.29, 1.82) is 0 Å². The monoisotopic (exact) mass is 447 g/mol. The van der Waals surface area contributed by atoms with Crippen molar-refractivity contribution in [2.24, 2.45) is 0 Å². The number of ether oxygens (including phenoxy) is 1. The number of anilines is 2. The fourth-order valence-electron chi connectivity index (χ4n) is 4.63. The highest BCUT2D eigenvalue weighted by molar-refractivity contribution is 6.10. The van der Waals surface area contributed by atoms with Crippen molar-refractivity contribution in [2.45, 2.75) is 26.4 Å². The molecule has 8 heteroatoms. The lowest BCUT2D eigenvalue weighted by molar-refractivity contribution is 0.0996. The predicted molar refractivity (Wildman–Crippen MR) is 125 cm³/mol. The van der Waals surface area contributed by atoms with Gasteiger partial charge in [0.25, 0.3) is 5.91 Å². The van der Waals surface area contributed by atoms with Crippen LogP contribution in [0.5, 0.6) is 5.75 Å². The number of methoxy groups -OCH3 is 1. The van der Waals surface area contributed by atoms with Gasteiger partial charge in [0.2, 0.25) is 0 Å². The Labute approximate surface area is 192 Å². The molecule has 2 aliphatic rings. The molecule has 7 nitrogen and oxygen atoms in total. The topological polar surface area (TPSA) is 70.6 Å². The first-order valence-corrected chi connectivity index (χ1v) is 11.1. The van der Waals surface area contributed by atoms with Gasteiger partial charge in [0, 0.05) is 43.0 Å². The lowest BCUT2D eigenvalue weighted by atomic mass is 10.0. The molecule has 170 valence electrons. The summed E-state index contributed by atoms with van der Waals surface area (Å²) in [4.78, 5) is 26.6. The van der Waals surface area contributed by atoms with E-state index in [1.165, 1.54) is 13.2 Å². The molecule has 5 rings (SSSR count). The van der Waals surface area contributed by atoms with E-state index < -0.39 is 5.82 Å². The van der Waals surface area contributed by atoms with Gasteiger partial charge >= 0.3 is 0 Å². The van der Waals surface area contributed by atoms with Gasteiger partial charge in [-0.2, -0.15) is 0 Å². The molecule has 1 aromatic carbocycles. The standard InChI is InChI=1S/C25H26FN5O2/c1-15-11-21(30-10-9-27-13-16(30)2)29-22(12-15)31-14-18-17(25(31)32)7-8-28-24(18)23-19(26)5-4-6-20(23)33-3/h4-8,11-12,16,27H,9-10,13-14H2,1-3H3. The summed E-state index contributed by atoms with van der Waals surface area (Å²) in [6, 6.07) is 10.6. The Balaban J connectivity index is 1.55. The second-order valence-electron chi connectivity index (χ2n) is 8.50. The van der Waals surface area contributed by atoms with Crippen molar-refractivity contribution >= 4 is 17.5 Å². The van der Waals surface area contributed by atoms with Crippen LogP contribution in [0.25, 0.3) is 11.3 Å². The van der Waals surface area contributed by atoms with Crippen LogP contribution in [0, 0.1) is 12.7 Å². The summed E-state index contributed by atoms with van der Waals surface area (Å²) in [7, 11) is 1.49. The molecule has 1 saturated heterocycles. The van der Waals surface area contributed by atoms with Crippen LogP contribution in [0.15, 0.2) is 42.6 Å². The third kappa shape index (κ3) is 3.70. The van der Waals surface area contributed by atoms with Crippen molar-refractivity contribution in [3.63, 3.8) is 0 Å². The second kappa shape index (κ2) is 8.44. The fourth-order valence-corrected chi connectivity index (χ4v) is 4.63. The van der Waals surface area contributed by atoms with Gasteiger partial charge in [-0.25, -0.2) is 9.37 Å². The number of amides is 1. The number of nitrogens with one attached hydrogen (secondary N) is 1. The molecule has 0 aliphatic carbocycles. The molecule has 1 fully saturated rings. The Hall–Kier alpha value is -3.52. The number of carbonyl (C=O) groups excluding carboxylic acids is 1. The number of benzene rings is 1. The van der Waals surface area contributed by atoms with Gasteiger partial charge in [-0.1, -0.05) is 6.07 Å². The number of carbonyl (C=O) groups is 1. The molecular formula is C25H26FN5O2. The highest BCUT2D eigenvalue weighted by atomic mass is 19.1. The first kappa shape index (κ1) is 21.3. The maximum atomic E-state index is 14.8. The summed E-state index contributed by atoms with van der Waals surface area (Å²) < 4.78 is 20.2. The zero-order chi connectivity index (χ0) is 23.1. The average molecular weight is 448 g/mol. The van der Waals surface area contributed by atoms with Gasteiger partial charge in [-0.3, -0.25) is 14.7 Å². The minimum absolute atomic E-state index is 0.165. The zero-order valence-electron chi connectivity index (χ0n) is 18.9. The van der Waals surface area contributed by atoms with Crippen molar-refractivity contribution in [3.8, 4) is 17.0 Å². The minimum atomic E-state index is -0.440. The van der Waals surface area contributed by atoms with E-state index in [1.54, 1.807) is 29.3 Å². The number of hydrogen-bond donors (Lipinski definition) is 1. The third-order valence-corrected chi connectivity index (χ3v) is 6.29. The normalized spacial score (nSPS) is 17.9. The maximum absolute atomic E-state index is 14.8. The van der Waals surface area contributed by atoms with Crippen molar-refractivity contribution < 1.29 is 13.9 Å². The Bertz CT molecular complexity index is 1230. The van der Waals surface area contributed by atoms with Crippen LogP contribution >= 0.6 is 0 Å². The van der Waals surface area contributed by atoms with Crippen LogP contribution < -0.4 is 19.9 Å². The summed E-state index contributed by atoms with van der Waals surface area (Å²) in [6.45, 7) is 7.06. The number of fused-ring (bicyclic) bond motifs is 1. The molecule has 1 unspecified atom stereocenters. The highest BCUT2D eigenvalue weighted by Gasteiger charge is 2.34. The van der Waals surface area contributed by atoms with Crippen LogP contribution in [0.4, 0.5) is 16.0 Å². The number of hydrogen-bond acceptors (Lipinski definition) is 6. The number of rotatable bonds is 4. The molecule has 2 aliphatic heterocycles. The molecule has 33 heavy (non-hydrogen) atoms. The number of aromatic nitrogens is 2.